The standard InChI is InChI=1S/C16H21N2O7PS2/c1-3-24-26(19,25-4-2)14-7-5-13(6-8-14)18-28(22,23)16-11-9-15(10-12-16)27(17,20)21/h5-12,18H,3-4H2,1-2H3,(H2,17,20,21). The normalized spacial score (nSPS) is 12.7. The van der Waals surface area contributed by atoms with E-state index in [0.29, 0.717) is 5.30 Å². The molecule has 9 nitrogen and oxygen atoms in total. The van der Waals surface area contributed by atoms with Crippen molar-refractivity contribution in [3.63, 3.8) is 0 Å². The second-order valence-corrected chi connectivity index (χ2v) is 10.8. The third-order valence-electron chi connectivity index (χ3n) is 3.50. The van der Waals surface area contributed by atoms with Gasteiger partial charge in [-0.3, -0.25) is 9.29 Å². The molecule has 28 heavy (non-hydrogen) atoms. The van der Waals surface area contributed by atoms with Crippen LogP contribution >= 0.6 is 7.60 Å². The molecular formula is C16H21N2O7PS2. The Morgan fingerprint density at radius 2 is 1.32 bits per heavy atom. The predicted molar refractivity (Wildman–Crippen MR) is 106 cm³/mol. The first kappa shape index (κ1) is 22.5. The van der Waals surface area contributed by atoms with Crippen LogP contribution in [0.1, 0.15) is 13.8 Å². The van der Waals surface area contributed by atoms with Crippen LogP contribution in [0.15, 0.2) is 58.3 Å². The number of hydrogen-bond donors (Lipinski definition) is 2. The van der Waals surface area contributed by atoms with Crippen LogP contribution in [0.25, 0.3) is 0 Å². The Morgan fingerprint density at radius 3 is 1.75 bits per heavy atom. The van der Waals surface area contributed by atoms with Gasteiger partial charge < -0.3 is 9.05 Å². The lowest BCUT2D eigenvalue weighted by atomic mass is 10.3. The molecule has 0 saturated carbocycles. The average molecular weight is 448 g/mol. The number of sulfonamides is 2. The molecule has 2 rings (SSSR count). The van der Waals surface area contributed by atoms with Gasteiger partial charge in [0.2, 0.25) is 10.0 Å². The lowest BCUT2D eigenvalue weighted by molar-refractivity contribution is 0.230. The molecule has 0 fully saturated rings. The summed E-state index contributed by atoms with van der Waals surface area (Å²) in [4.78, 5) is -0.336. The first-order chi connectivity index (χ1) is 13.0. The van der Waals surface area contributed by atoms with E-state index in [9.17, 15) is 21.4 Å². The minimum atomic E-state index is -3.96. The molecule has 0 unspecified atom stereocenters. The van der Waals surface area contributed by atoms with Crippen LogP contribution in [0.2, 0.25) is 0 Å². The predicted octanol–water partition coefficient (Wildman–Crippen LogP) is 2.03. The Bertz CT molecular complexity index is 1060. The molecule has 2 aromatic carbocycles. The minimum Gasteiger partial charge on any atom is -0.305 e. The summed E-state index contributed by atoms with van der Waals surface area (Å²) in [5, 5.41) is 5.30. The zero-order valence-corrected chi connectivity index (χ0v) is 17.8. The van der Waals surface area contributed by atoms with Gasteiger partial charge in [-0.25, -0.2) is 22.0 Å². The van der Waals surface area contributed by atoms with Gasteiger partial charge in [0.05, 0.1) is 28.3 Å². The largest absolute Gasteiger partial charge is 0.361 e. The van der Waals surface area contributed by atoms with Crippen LogP contribution in [0.4, 0.5) is 5.69 Å². The van der Waals surface area contributed by atoms with Gasteiger partial charge in [0.25, 0.3) is 10.0 Å². The lowest BCUT2D eigenvalue weighted by Gasteiger charge is -2.17. The monoisotopic (exact) mass is 448 g/mol. The molecule has 2 aromatic rings. The highest BCUT2D eigenvalue weighted by atomic mass is 32.2. The van der Waals surface area contributed by atoms with E-state index in [1.54, 1.807) is 13.8 Å². The van der Waals surface area contributed by atoms with E-state index in [-0.39, 0.29) is 28.7 Å². The fourth-order valence-corrected chi connectivity index (χ4v) is 5.40. The van der Waals surface area contributed by atoms with Gasteiger partial charge in [-0.05, 0) is 62.4 Å². The number of nitrogens with two attached hydrogens (primary N) is 1. The topological polar surface area (TPSA) is 142 Å². The van der Waals surface area contributed by atoms with Crippen molar-refractivity contribution < 1.29 is 30.4 Å². The maximum atomic E-state index is 12.7. The number of anilines is 1. The SMILES string of the molecule is CCOP(=O)(OCC)c1ccc(NS(=O)(=O)c2ccc(S(N)(=O)=O)cc2)cc1. The fourth-order valence-electron chi connectivity index (χ4n) is 2.26. The third-order valence-corrected chi connectivity index (χ3v) is 7.95. The van der Waals surface area contributed by atoms with Gasteiger partial charge in [-0.2, -0.15) is 0 Å². The van der Waals surface area contributed by atoms with Crippen LogP contribution < -0.4 is 15.2 Å². The van der Waals surface area contributed by atoms with E-state index < -0.39 is 27.6 Å². The molecule has 0 amide bonds. The molecule has 154 valence electrons. The van der Waals surface area contributed by atoms with Crippen molar-refractivity contribution in [2.24, 2.45) is 5.14 Å². The van der Waals surface area contributed by atoms with Crippen LogP contribution in [0, 0.1) is 0 Å². The van der Waals surface area contributed by atoms with Crippen molar-refractivity contribution in [1.82, 2.24) is 0 Å². The molecule has 0 saturated heterocycles. The summed E-state index contributed by atoms with van der Waals surface area (Å²) in [6.45, 7) is 3.77. The zero-order valence-electron chi connectivity index (χ0n) is 15.2. The zero-order chi connectivity index (χ0) is 21.0. The van der Waals surface area contributed by atoms with Crippen LogP contribution in [0.3, 0.4) is 0 Å². The number of nitrogens with one attached hydrogen (secondary N) is 1. The second kappa shape index (κ2) is 8.73. The second-order valence-electron chi connectivity index (χ2n) is 5.50. The highest BCUT2D eigenvalue weighted by Gasteiger charge is 2.26. The quantitative estimate of drug-likeness (QED) is 0.559. The summed E-state index contributed by atoms with van der Waals surface area (Å²) >= 11 is 0. The van der Waals surface area contributed by atoms with E-state index in [1.807, 2.05) is 0 Å². The Hall–Kier alpha value is -1.75. The minimum absolute atomic E-state index is 0.140. The summed E-state index contributed by atoms with van der Waals surface area (Å²) in [5.41, 5.74) is 0.221. The summed E-state index contributed by atoms with van der Waals surface area (Å²) in [6.07, 6.45) is 0. The van der Waals surface area contributed by atoms with E-state index in [2.05, 4.69) is 4.72 Å². The number of benzene rings is 2. The van der Waals surface area contributed by atoms with Gasteiger partial charge in [0.15, 0.2) is 0 Å². The summed E-state index contributed by atoms with van der Waals surface area (Å²) < 4.78 is 73.0. The van der Waals surface area contributed by atoms with Crippen molar-refractivity contribution in [3.8, 4) is 0 Å². The van der Waals surface area contributed by atoms with Crippen molar-refractivity contribution in [2.45, 2.75) is 23.6 Å². The van der Waals surface area contributed by atoms with Crippen molar-refractivity contribution in [2.75, 3.05) is 17.9 Å². The fraction of sp³-hybridized carbons (Fsp3) is 0.250. The van der Waals surface area contributed by atoms with Crippen molar-refractivity contribution in [1.29, 1.82) is 0 Å². The summed E-state index contributed by atoms with van der Waals surface area (Å²) in [6, 6.07) is 10.2. The molecule has 0 heterocycles. The molecule has 12 heteroatoms. The van der Waals surface area contributed by atoms with Crippen molar-refractivity contribution in [3.05, 3.63) is 48.5 Å². The Balaban J connectivity index is 2.24. The van der Waals surface area contributed by atoms with Gasteiger partial charge in [-0.15, -0.1) is 0 Å². The van der Waals surface area contributed by atoms with E-state index in [4.69, 9.17) is 14.2 Å². The van der Waals surface area contributed by atoms with Crippen LogP contribution in [0.5, 0.6) is 0 Å². The molecular weight excluding hydrogens is 427 g/mol. The molecule has 0 bridgehead atoms. The smallest absolute Gasteiger partial charge is 0.305 e. The molecule has 0 aromatic heterocycles. The first-order valence-electron chi connectivity index (χ1n) is 8.17. The Labute approximate surface area is 164 Å². The summed E-state index contributed by atoms with van der Waals surface area (Å²) in [7, 11) is -11.3. The van der Waals surface area contributed by atoms with E-state index in [0.717, 1.165) is 24.3 Å². The van der Waals surface area contributed by atoms with E-state index >= 15 is 0 Å². The van der Waals surface area contributed by atoms with Crippen LogP contribution in [-0.2, 0) is 33.7 Å². The average Bonchev–Trinajstić information content (AvgIpc) is 2.62. The third kappa shape index (κ3) is 5.40. The molecule has 0 spiro atoms. The molecule has 0 aliphatic heterocycles. The van der Waals surface area contributed by atoms with Gasteiger partial charge in [0, 0.05) is 5.69 Å². The summed E-state index contributed by atoms with van der Waals surface area (Å²) in [5.74, 6) is 0. The Morgan fingerprint density at radius 1 is 0.857 bits per heavy atom. The lowest BCUT2D eigenvalue weighted by Crippen LogP contribution is -2.16. The first-order valence-corrected chi connectivity index (χ1v) is 12.7. The maximum Gasteiger partial charge on any atom is 0.361 e. The highest BCUT2D eigenvalue weighted by Crippen LogP contribution is 2.46. The molecule has 3 N–H and O–H groups in total. The van der Waals surface area contributed by atoms with Crippen molar-refractivity contribution >= 4 is 38.6 Å². The van der Waals surface area contributed by atoms with Gasteiger partial charge >= 0.3 is 7.60 Å². The highest BCUT2D eigenvalue weighted by molar-refractivity contribution is 7.92. The molecule has 0 atom stereocenters. The number of hydrogen-bond acceptors (Lipinski definition) is 7. The molecule has 0 aliphatic carbocycles. The van der Waals surface area contributed by atoms with Gasteiger partial charge in [0.1, 0.15) is 0 Å². The van der Waals surface area contributed by atoms with Gasteiger partial charge in [-0.1, -0.05) is 0 Å². The van der Waals surface area contributed by atoms with E-state index in [1.165, 1.54) is 24.3 Å². The Kier molecular flexibility index (Phi) is 7.02. The molecule has 0 aliphatic rings. The maximum absolute atomic E-state index is 12.7. The van der Waals surface area contributed by atoms with Crippen LogP contribution in [-0.4, -0.2) is 30.0 Å². The number of primary sulfonamides is 1. The molecule has 0 radical (unpaired) electrons. The number of rotatable bonds is 9.